The minimum absolute atomic E-state index is 0.0976. The van der Waals surface area contributed by atoms with Crippen molar-refractivity contribution in [2.45, 2.75) is 6.54 Å². The maximum Gasteiger partial charge on any atom is 0.219 e. The van der Waals surface area contributed by atoms with E-state index >= 15 is 0 Å². The molecule has 0 radical (unpaired) electrons. The van der Waals surface area contributed by atoms with Gasteiger partial charge in [-0.15, -0.1) is 5.10 Å². The van der Waals surface area contributed by atoms with Crippen LogP contribution in [0.2, 0.25) is 0 Å². The van der Waals surface area contributed by atoms with Crippen LogP contribution in [0.5, 0.6) is 0 Å². The molecule has 2 aromatic rings. The second kappa shape index (κ2) is 4.96. The van der Waals surface area contributed by atoms with Gasteiger partial charge in [0.25, 0.3) is 0 Å². The molecule has 0 fully saturated rings. The van der Waals surface area contributed by atoms with Gasteiger partial charge in [0.1, 0.15) is 6.33 Å². The molecular weight excluding hydrogens is 286 g/mol. The molecule has 0 saturated carbocycles. The molecule has 6 nitrogen and oxygen atoms in total. The maximum atomic E-state index is 8.49. The third kappa shape index (κ3) is 2.82. The van der Waals surface area contributed by atoms with Crippen LogP contribution in [-0.2, 0) is 6.54 Å². The third-order valence-corrected chi connectivity index (χ3v) is 2.66. The predicted molar refractivity (Wildman–Crippen MR) is 65.8 cm³/mol. The topological polar surface area (TPSA) is 89.3 Å². The molecular formula is C10H10BrN5O. The van der Waals surface area contributed by atoms with Crippen molar-refractivity contribution in [1.29, 1.82) is 0 Å². The van der Waals surface area contributed by atoms with Crippen molar-refractivity contribution in [2.75, 3.05) is 0 Å². The van der Waals surface area contributed by atoms with Gasteiger partial charge in [0.05, 0.1) is 6.54 Å². The summed E-state index contributed by atoms with van der Waals surface area (Å²) >= 11 is 3.37. The monoisotopic (exact) mass is 295 g/mol. The molecule has 0 aliphatic rings. The summed E-state index contributed by atoms with van der Waals surface area (Å²) in [5.74, 6) is 0.115. The summed E-state index contributed by atoms with van der Waals surface area (Å²) < 4.78 is 2.65. The second-order valence-electron chi connectivity index (χ2n) is 3.38. The van der Waals surface area contributed by atoms with Crippen LogP contribution in [0.3, 0.4) is 0 Å². The summed E-state index contributed by atoms with van der Waals surface area (Å²) in [5.41, 5.74) is 6.46. The lowest BCUT2D eigenvalue weighted by molar-refractivity contribution is 0.318. The highest BCUT2D eigenvalue weighted by atomic mass is 79.9. The van der Waals surface area contributed by atoms with Crippen molar-refractivity contribution in [1.82, 2.24) is 14.8 Å². The molecule has 0 atom stereocenters. The quantitative estimate of drug-likeness (QED) is 0.385. The minimum Gasteiger partial charge on any atom is -0.409 e. The number of rotatable bonds is 3. The largest absolute Gasteiger partial charge is 0.409 e. The number of nitrogens with zero attached hydrogens (tertiary/aromatic N) is 4. The number of aromatic nitrogens is 3. The van der Waals surface area contributed by atoms with Crippen molar-refractivity contribution in [3.63, 3.8) is 0 Å². The van der Waals surface area contributed by atoms with E-state index in [-0.39, 0.29) is 11.7 Å². The second-order valence-corrected chi connectivity index (χ2v) is 4.29. The van der Waals surface area contributed by atoms with Crippen LogP contribution in [-0.4, -0.2) is 25.8 Å². The van der Waals surface area contributed by atoms with Crippen LogP contribution in [0.15, 0.2) is 40.2 Å². The first-order valence-electron chi connectivity index (χ1n) is 4.81. The Morgan fingerprint density at radius 3 is 2.76 bits per heavy atom. The first-order chi connectivity index (χ1) is 8.19. The fourth-order valence-electron chi connectivity index (χ4n) is 1.31. The van der Waals surface area contributed by atoms with Gasteiger partial charge in [-0.05, 0) is 17.7 Å². The van der Waals surface area contributed by atoms with Crippen molar-refractivity contribution in [3.05, 3.63) is 46.5 Å². The van der Waals surface area contributed by atoms with Gasteiger partial charge in [0, 0.05) is 4.47 Å². The van der Waals surface area contributed by atoms with Gasteiger partial charge in [-0.1, -0.05) is 33.2 Å². The summed E-state index contributed by atoms with van der Waals surface area (Å²) in [4.78, 5) is 3.93. The number of hydrogen-bond donors (Lipinski definition) is 2. The molecule has 3 N–H and O–H groups in total. The average Bonchev–Trinajstić information content (AvgIpc) is 2.80. The van der Waals surface area contributed by atoms with Gasteiger partial charge in [-0.25, -0.2) is 9.67 Å². The standard InChI is InChI=1S/C10H10BrN5O/c11-8-3-1-7(2-4-8)5-16-6-13-10(14-16)9(12)15-17/h1-4,6,17H,5H2,(H2,12,15). The smallest absolute Gasteiger partial charge is 0.219 e. The molecule has 0 spiro atoms. The molecule has 2 rings (SSSR count). The predicted octanol–water partition coefficient (Wildman–Crippen LogP) is 1.18. The summed E-state index contributed by atoms with van der Waals surface area (Å²) in [6.45, 7) is 0.582. The Morgan fingerprint density at radius 2 is 2.12 bits per heavy atom. The normalized spacial score (nSPS) is 11.7. The number of nitrogens with two attached hydrogens (primary N) is 1. The Hall–Kier alpha value is -1.89. The zero-order valence-electron chi connectivity index (χ0n) is 8.79. The van der Waals surface area contributed by atoms with Gasteiger partial charge < -0.3 is 10.9 Å². The van der Waals surface area contributed by atoms with Gasteiger partial charge in [0.15, 0.2) is 0 Å². The molecule has 0 aliphatic carbocycles. The lowest BCUT2D eigenvalue weighted by Crippen LogP contribution is -2.15. The van der Waals surface area contributed by atoms with Crippen molar-refractivity contribution in [2.24, 2.45) is 10.9 Å². The van der Waals surface area contributed by atoms with E-state index < -0.39 is 0 Å². The van der Waals surface area contributed by atoms with Crippen LogP contribution in [0.25, 0.3) is 0 Å². The van der Waals surface area contributed by atoms with Crippen LogP contribution in [0.4, 0.5) is 0 Å². The number of hydrogen-bond acceptors (Lipinski definition) is 4. The Balaban J connectivity index is 2.14. The summed E-state index contributed by atoms with van der Waals surface area (Å²) in [6, 6.07) is 7.87. The highest BCUT2D eigenvalue weighted by Gasteiger charge is 2.05. The third-order valence-electron chi connectivity index (χ3n) is 2.13. The number of amidine groups is 1. The van der Waals surface area contributed by atoms with E-state index in [9.17, 15) is 0 Å². The summed E-state index contributed by atoms with van der Waals surface area (Å²) in [7, 11) is 0. The Bertz CT molecular complexity index is 534. The molecule has 17 heavy (non-hydrogen) atoms. The lowest BCUT2D eigenvalue weighted by Gasteiger charge is -2.00. The number of benzene rings is 1. The highest BCUT2D eigenvalue weighted by molar-refractivity contribution is 9.10. The molecule has 0 unspecified atom stereocenters. The van der Waals surface area contributed by atoms with E-state index in [1.165, 1.54) is 6.33 Å². The van der Waals surface area contributed by atoms with Gasteiger partial charge in [-0.2, -0.15) is 0 Å². The Morgan fingerprint density at radius 1 is 1.41 bits per heavy atom. The lowest BCUT2D eigenvalue weighted by atomic mass is 10.2. The molecule has 7 heteroatoms. The first-order valence-corrected chi connectivity index (χ1v) is 5.60. The van der Waals surface area contributed by atoms with Crippen LogP contribution in [0, 0.1) is 0 Å². The van der Waals surface area contributed by atoms with E-state index in [2.05, 4.69) is 31.2 Å². The molecule has 0 aliphatic heterocycles. The van der Waals surface area contributed by atoms with E-state index in [0.717, 1.165) is 10.0 Å². The van der Waals surface area contributed by atoms with E-state index in [1.54, 1.807) is 4.68 Å². The van der Waals surface area contributed by atoms with Crippen molar-refractivity contribution >= 4 is 21.8 Å². The average molecular weight is 296 g/mol. The number of oxime groups is 1. The summed E-state index contributed by atoms with van der Waals surface area (Å²) in [6.07, 6.45) is 1.54. The molecule has 0 saturated heterocycles. The first kappa shape index (κ1) is 11.6. The van der Waals surface area contributed by atoms with Gasteiger partial charge >= 0.3 is 0 Å². The van der Waals surface area contributed by atoms with Crippen LogP contribution < -0.4 is 5.73 Å². The van der Waals surface area contributed by atoms with Crippen molar-refractivity contribution < 1.29 is 5.21 Å². The fourth-order valence-corrected chi connectivity index (χ4v) is 1.57. The molecule has 1 heterocycles. The minimum atomic E-state index is -0.0976. The summed E-state index contributed by atoms with van der Waals surface area (Å²) in [5, 5.41) is 15.4. The van der Waals surface area contributed by atoms with Gasteiger partial charge in [0.2, 0.25) is 11.7 Å². The molecule has 0 bridgehead atoms. The maximum absolute atomic E-state index is 8.49. The van der Waals surface area contributed by atoms with Crippen LogP contribution in [0.1, 0.15) is 11.4 Å². The van der Waals surface area contributed by atoms with Gasteiger partial charge in [-0.3, -0.25) is 0 Å². The molecule has 88 valence electrons. The fraction of sp³-hybridized carbons (Fsp3) is 0.100. The van der Waals surface area contributed by atoms with Crippen molar-refractivity contribution in [3.8, 4) is 0 Å². The zero-order chi connectivity index (χ0) is 12.3. The van der Waals surface area contributed by atoms with E-state index in [0.29, 0.717) is 6.54 Å². The zero-order valence-corrected chi connectivity index (χ0v) is 10.4. The number of halogens is 1. The van der Waals surface area contributed by atoms with E-state index in [1.807, 2.05) is 24.3 Å². The molecule has 1 aromatic heterocycles. The molecule has 0 amide bonds. The SMILES string of the molecule is N/C(=N/O)c1ncn(Cc2ccc(Br)cc2)n1. The Labute approximate surface area is 106 Å². The van der Waals surface area contributed by atoms with Crippen LogP contribution >= 0.6 is 15.9 Å². The van der Waals surface area contributed by atoms with E-state index in [4.69, 9.17) is 10.9 Å². The highest BCUT2D eigenvalue weighted by Crippen LogP contribution is 2.11. The Kier molecular flexibility index (Phi) is 3.38. The molecule has 1 aromatic carbocycles.